The maximum atomic E-state index is 11.0. The third-order valence-electron chi connectivity index (χ3n) is 1.87. The van der Waals surface area contributed by atoms with E-state index in [0.717, 1.165) is 0 Å². The van der Waals surface area contributed by atoms with E-state index in [0.29, 0.717) is 4.47 Å². The minimum Gasteiger partial charge on any atom is -0.475 e. The highest BCUT2D eigenvalue weighted by atomic mass is 79.9. The molecule has 0 amide bonds. The van der Waals surface area contributed by atoms with Crippen LogP contribution in [0, 0.1) is 10.1 Å². The molecule has 0 saturated heterocycles. The minimum absolute atomic E-state index is 0.0694. The average molecular weight is 288 g/mol. The number of aliphatic carboxylic acids is 1. The Kier molecular flexibility index (Phi) is 3.73. The molecule has 1 rings (SSSR count). The number of hydrogen-bond donors (Lipinski definition) is 1. The first-order valence-corrected chi connectivity index (χ1v) is 4.90. The summed E-state index contributed by atoms with van der Waals surface area (Å²) >= 11 is 3.04. The van der Waals surface area contributed by atoms with Crippen molar-refractivity contribution in [2.75, 3.05) is 0 Å². The van der Waals surface area contributed by atoms with Gasteiger partial charge in [0.05, 0.1) is 16.9 Å². The summed E-state index contributed by atoms with van der Waals surface area (Å²) in [5.74, 6) is -2.69. The second kappa shape index (κ2) is 4.84. The Bertz CT molecular complexity index is 471. The van der Waals surface area contributed by atoms with Crippen molar-refractivity contribution in [3.63, 3.8) is 0 Å². The van der Waals surface area contributed by atoms with Gasteiger partial charge >= 0.3 is 5.97 Å². The molecule has 0 aliphatic heterocycles. The standard InChI is InChI=1S/C9H6BrNO5/c10-6-2-1-3-7(11(15)16)5(6)4-8(12)9(13)14/h1-3H,4H2,(H,13,14). The van der Waals surface area contributed by atoms with E-state index in [1.165, 1.54) is 18.2 Å². The molecule has 0 heterocycles. The zero-order valence-electron chi connectivity index (χ0n) is 7.84. The van der Waals surface area contributed by atoms with Crippen molar-refractivity contribution in [3.8, 4) is 0 Å². The summed E-state index contributed by atoms with van der Waals surface area (Å²) in [6.07, 6.45) is -0.507. The normalized spacial score (nSPS) is 9.81. The lowest BCUT2D eigenvalue weighted by Crippen LogP contribution is -2.16. The van der Waals surface area contributed by atoms with Crippen LogP contribution in [0.5, 0.6) is 0 Å². The molecular formula is C9H6BrNO5. The lowest BCUT2D eigenvalue weighted by molar-refractivity contribution is -0.385. The van der Waals surface area contributed by atoms with Gasteiger partial charge in [-0.3, -0.25) is 14.9 Å². The van der Waals surface area contributed by atoms with Gasteiger partial charge in [0.1, 0.15) is 0 Å². The molecule has 6 nitrogen and oxygen atoms in total. The summed E-state index contributed by atoms with van der Waals surface area (Å²) in [6, 6.07) is 4.17. The number of carbonyl (C=O) groups excluding carboxylic acids is 1. The molecule has 0 radical (unpaired) electrons. The molecule has 0 fully saturated rings. The number of carboxylic acids is 1. The van der Waals surface area contributed by atoms with E-state index >= 15 is 0 Å². The smallest absolute Gasteiger partial charge is 0.372 e. The van der Waals surface area contributed by atoms with Crippen LogP contribution < -0.4 is 0 Å². The number of nitrogens with zero attached hydrogens (tertiary/aromatic N) is 1. The van der Waals surface area contributed by atoms with E-state index in [1.54, 1.807) is 0 Å². The molecule has 0 atom stereocenters. The van der Waals surface area contributed by atoms with Crippen LogP contribution in [0.15, 0.2) is 22.7 Å². The van der Waals surface area contributed by atoms with Crippen molar-refractivity contribution in [2.24, 2.45) is 0 Å². The third-order valence-corrected chi connectivity index (χ3v) is 2.61. The second-order valence-electron chi connectivity index (χ2n) is 2.90. The summed E-state index contributed by atoms with van der Waals surface area (Å²) in [6.45, 7) is 0. The predicted molar refractivity (Wildman–Crippen MR) is 57.1 cm³/mol. The molecule has 0 spiro atoms. The zero-order chi connectivity index (χ0) is 12.3. The fraction of sp³-hybridized carbons (Fsp3) is 0.111. The molecule has 0 aliphatic rings. The van der Waals surface area contributed by atoms with Gasteiger partial charge in [-0.05, 0) is 6.07 Å². The van der Waals surface area contributed by atoms with Crippen molar-refractivity contribution in [3.05, 3.63) is 38.3 Å². The fourth-order valence-corrected chi connectivity index (χ4v) is 1.63. The second-order valence-corrected chi connectivity index (χ2v) is 3.75. The van der Waals surface area contributed by atoms with Crippen molar-refractivity contribution in [1.82, 2.24) is 0 Å². The first kappa shape index (κ1) is 12.3. The molecule has 84 valence electrons. The van der Waals surface area contributed by atoms with E-state index in [-0.39, 0.29) is 11.3 Å². The van der Waals surface area contributed by atoms with Crippen LogP contribution in [0.4, 0.5) is 5.69 Å². The SMILES string of the molecule is O=C(O)C(=O)Cc1c(Br)cccc1[N+](=O)[O-]. The van der Waals surface area contributed by atoms with E-state index in [4.69, 9.17) is 5.11 Å². The highest BCUT2D eigenvalue weighted by molar-refractivity contribution is 9.10. The van der Waals surface area contributed by atoms with Crippen LogP contribution in [0.2, 0.25) is 0 Å². The highest BCUT2D eigenvalue weighted by Gasteiger charge is 2.22. The lowest BCUT2D eigenvalue weighted by atomic mass is 10.1. The molecule has 1 aromatic rings. The van der Waals surface area contributed by atoms with E-state index in [9.17, 15) is 19.7 Å². The number of ketones is 1. The maximum absolute atomic E-state index is 11.0. The summed E-state index contributed by atoms with van der Waals surface area (Å²) < 4.78 is 0.344. The molecule has 0 saturated carbocycles. The lowest BCUT2D eigenvalue weighted by Gasteiger charge is -2.02. The van der Waals surface area contributed by atoms with Crippen LogP contribution in [0.25, 0.3) is 0 Å². The average Bonchev–Trinajstić information content (AvgIpc) is 2.20. The van der Waals surface area contributed by atoms with Gasteiger partial charge in [-0.2, -0.15) is 0 Å². The predicted octanol–water partition coefficient (Wildman–Crippen LogP) is 1.55. The van der Waals surface area contributed by atoms with Gasteiger partial charge in [0, 0.05) is 10.5 Å². The number of carboxylic acid groups (broad SMARTS) is 1. The zero-order valence-corrected chi connectivity index (χ0v) is 9.43. The Hall–Kier alpha value is -1.76. The van der Waals surface area contributed by atoms with E-state index < -0.39 is 23.1 Å². The Balaban J connectivity index is 3.16. The molecule has 1 N–H and O–H groups in total. The summed E-state index contributed by atoms with van der Waals surface area (Å²) in [5.41, 5.74) is -0.205. The van der Waals surface area contributed by atoms with Gasteiger partial charge < -0.3 is 5.11 Å². The molecule has 0 bridgehead atoms. The minimum atomic E-state index is -1.61. The van der Waals surface area contributed by atoms with Gasteiger partial charge in [-0.1, -0.05) is 22.0 Å². The van der Waals surface area contributed by atoms with Crippen LogP contribution in [-0.2, 0) is 16.0 Å². The molecule has 0 aromatic heterocycles. The van der Waals surface area contributed by atoms with Crippen LogP contribution in [0.1, 0.15) is 5.56 Å². The van der Waals surface area contributed by atoms with Crippen LogP contribution >= 0.6 is 15.9 Å². The summed E-state index contributed by atoms with van der Waals surface area (Å²) in [4.78, 5) is 31.4. The molecule has 1 aromatic carbocycles. The van der Waals surface area contributed by atoms with Crippen LogP contribution in [-0.4, -0.2) is 21.8 Å². The number of carbonyl (C=O) groups is 2. The quantitative estimate of drug-likeness (QED) is 0.515. The summed E-state index contributed by atoms with van der Waals surface area (Å²) in [5, 5.41) is 19.1. The highest BCUT2D eigenvalue weighted by Crippen LogP contribution is 2.27. The molecular weight excluding hydrogens is 282 g/mol. The monoisotopic (exact) mass is 287 g/mol. The molecule has 16 heavy (non-hydrogen) atoms. The van der Waals surface area contributed by atoms with Gasteiger partial charge in [-0.25, -0.2) is 4.79 Å². The van der Waals surface area contributed by atoms with Crippen molar-refractivity contribution in [2.45, 2.75) is 6.42 Å². The topological polar surface area (TPSA) is 97.5 Å². The number of rotatable bonds is 4. The number of nitro benzene ring substituents is 1. The maximum Gasteiger partial charge on any atom is 0.372 e. The van der Waals surface area contributed by atoms with Crippen LogP contribution in [0.3, 0.4) is 0 Å². The van der Waals surface area contributed by atoms with E-state index in [2.05, 4.69) is 15.9 Å². The van der Waals surface area contributed by atoms with Crippen molar-refractivity contribution < 1.29 is 19.6 Å². The van der Waals surface area contributed by atoms with Crippen molar-refractivity contribution in [1.29, 1.82) is 0 Å². The number of halogens is 1. The number of Topliss-reactive ketones (excluding diaryl/α,β-unsaturated/α-hetero) is 1. The Labute approximate surface area is 98.2 Å². The molecule has 0 aliphatic carbocycles. The first-order valence-electron chi connectivity index (χ1n) is 4.11. The Morgan fingerprint density at radius 1 is 1.44 bits per heavy atom. The molecule has 0 unspecified atom stereocenters. The van der Waals surface area contributed by atoms with Gasteiger partial charge in [0.2, 0.25) is 5.78 Å². The number of hydrogen-bond acceptors (Lipinski definition) is 4. The first-order chi connectivity index (χ1) is 7.43. The van der Waals surface area contributed by atoms with Gasteiger partial charge in [0.25, 0.3) is 5.69 Å². The van der Waals surface area contributed by atoms with E-state index in [1.807, 2.05) is 0 Å². The number of nitro groups is 1. The Morgan fingerprint density at radius 2 is 2.06 bits per heavy atom. The van der Waals surface area contributed by atoms with Crippen molar-refractivity contribution >= 4 is 33.4 Å². The Morgan fingerprint density at radius 3 is 2.56 bits per heavy atom. The fourth-order valence-electron chi connectivity index (χ4n) is 1.13. The largest absolute Gasteiger partial charge is 0.475 e. The van der Waals surface area contributed by atoms with Gasteiger partial charge in [0.15, 0.2) is 0 Å². The van der Waals surface area contributed by atoms with Gasteiger partial charge in [-0.15, -0.1) is 0 Å². The summed E-state index contributed by atoms with van der Waals surface area (Å²) in [7, 11) is 0. The molecule has 7 heteroatoms. The third kappa shape index (κ3) is 2.63. The number of benzene rings is 1.